The molecule has 0 bridgehead atoms. The van der Waals surface area contributed by atoms with E-state index >= 15 is 0 Å². The molecule has 0 amide bonds. The highest BCUT2D eigenvalue weighted by Gasteiger charge is 2.31. The lowest BCUT2D eigenvalue weighted by Gasteiger charge is -2.04. The molecule has 0 heterocycles. The van der Waals surface area contributed by atoms with Gasteiger partial charge < -0.3 is 0 Å². The van der Waals surface area contributed by atoms with Crippen LogP contribution in [0.5, 0.6) is 0 Å². The predicted octanol–water partition coefficient (Wildman–Crippen LogP) is 4.18. The fourth-order valence-corrected chi connectivity index (χ4v) is 2.14. The maximum Gasteiger partial charge on any atom is 0.194 e. The summed E-state index contributed by atoms with van der Waals surface area (Å²) < 4.78 is 13.5. The lowest BCUT2D eigenvalue weighted by atomic mass is 9.99. The number of hydrogen-bond donors (Lipinski definition) is 0. The molecule has 1 nitrogen and oxygen atoms in total. The lowest BCUT2D eigenvalue weighted by Crippen LogP contribution is -2.06. The van der Waals surface area contributed by atoms with Crippen molar-refractivity contribution in [3.63, 3.8) is 0 Å². The Morgan fingerprint density at radius 2 is 2.00 bits per heavy atom. The molecule has 0 aromatic heterocycles. The summed E-state index contributed by atoms with van der Waals surface area (Å²) in [5, 5.41) is 0. The van der Waals surface area contributed by atoms with Gasteiger partial charge in [-0.2, -0.15) is 0 Å². The number of unbranched alkanes of at least 4 members (excludes halogenated alkanes) is 3. The Labute approximate surface area is 91.8 Å². The van der Waals surface area contributed by atoms with Gasteiger partial charge in [0.2, 0.25) is 0 Å². The highest BCUT2D eigenvalue weighted by Crippen LogP contribution is 2.34. The van der Waals surface area contributed by atoms with Crippen LogP contribution in [0.15, 0.2) is 11.4 Å². The molecule has 0 aromatic carbocycles. The molecular formula is C13H21FO. The van der Waals surface area contributed by atoms with Crippen molar-refractivity contribution in [2.24, 2.45) is 5.92 Å². The first-order valence-corrected chi connectivity index (χ1v) is 6.12. The van der Waals surface area contributed by atoms with Gasteiger partial charge in [0, 0.05) is 5.92 Å². The summed E-state index contributed by atoms with van der Waals surface area (Å²) in [7, 11) is 0. The second kappa shape index (κ2) is 6.04. The van der Waals surface area contributed by atoms with Crippen LogP contribution in [0.1, 0.15) is 58.8 Å². The van der Waals surface area contributed by atoms with Gasteiger partial charge in [0.1, 0.15) is 0 Å². The van der Waals surface area contributed by atoms with Gasteiger partial charge in [-0.1, -0.05) is 33.1 Å². The van der Waals surface area contributed by atoms with Gasteiger partial charge in [-0.25, -0.2) is 4.39 Å². The molecule has 1 unspecified atom stereocenters. The Kier molecular flexibility index (Phi) is 5.00. The largest absolute Gasteiger partial charge is 0.291 e. The van der Waals surface area contributed by atoms with Gasteiger partial charge in [0.25, 0.3) is 0 Å². The van der Waals surface area contributed by atoms with E-state index in [9.17, 15) is 9.18 Å². The SMILES string of the molecule is CCCCCCC1=C(F)C(=O)C(CC)C1. The maximum atomic E-state index is 13.5. The Morgan fingerprint density at radius 1 is 1.27 bits per heavy atom. The summed E-state index contributed by atoms with van der Waals surface area (Å²) in [6, 6.07) is 0. The van der Waals surface area contributed by atoms with Crippen molar-refractivity contribution in [2.45, 2.75) is 58.8 Å². The molecule has 0 aromatic rings. The van der Waals surface area contributed by atoms with Gasteiger partial charge in [0.05, 0.1) is 0 Å². The zero-order chi connectivity index (χ0) is 11.3. The van der Waals surface area contributed by atoms with Crippen molar-refractivity contribution in [2.75, 3.05) is 0 Å². The van der Waals surface area contributed by atoms with Crippen LogP contribution in [0.2, 0.25) is 0 Å². The maximum absolute atomic E-state index is 13.5. The van der Waals surface area contributed by atoms with E-state index in [4.69, 9.17) is 0 Å². The Balaban J connectivity index is 2.38. The van der Waals surface area contributed by atoms with Crippen molar-refractivity contribution in [3.05, 3.63) is 11.4 Å². The number of allylic oxidation sites excluding steroid dienone is 2. The first kappa shape index (κ1) is 12.4. The highest BCUT2D eigenvalue weighted by molar-refractivity contribution is 5.98. The third kappa shape index (κ3) is 3.15. The van der Waals surface area contributed by atoms with Gasteiger partial charge in [-0.05, 0) is 31.3 Å². The number of hydrogen-bond acceptors (Lipinski definition) is 1. The van der Waals surface area contributed by atoms with Crippen LogP contribution in [0.3, 0.4) is 0 Å². The van der Waals surface area contributed by atoms with E-state index in [0.717, 1.165) is 31.3 Å². The predicted molar refractivity (Wildman–Crippen MR) is 60.3 cm³/mol. The quantitative estimate of drug-likeness (QED) is 0.604. The van der Waals surface area contributed by atoms with Crippen LogP contribution in [0, 0.1) is 5.92 Å². The second-order valence-corrected chi connectivity index (χ2v) is 4.40. The van der Waals surface area contributed by atoms with Crippen molar-refractivity contribution < 1.29 is 9.18 Å². The standard InChI is InChI=1S/C13H21FO/c1-3-5-6-7-8-11-9-10(4-2)13(15)12(11)14/h10H,3-9H2,1-2H3. The van der Waals surface area contributed by atoms with Crippen LogP contribution in [-0.4, -0.2) is 5.78 Å². The first-order valence-electron chi connectivity index (χ1n) is 6.12. The van der Waals surface area contributed by atoms with Gasteiger partial charge in [0.15, 0.2) is 11.6 Å². The summed E-state index contributed by atoms with van der Waals surface area (Å²) in [5.41, 5.74) is 0.781. The molecule has 0 saturated heterocycles. The summed E-state index contributed by atoms with van der Waals surface area (Å²) in [6.45, 7) is 4.11. The van der Waals surface area contributed by atoms with E-state index in [1.165, 1.54) is 12.8 Å². The Hall–Kier alpha value is -0.660. The molecule has 0 aliphatic heterocycles. The van der Waals surface area contributed by atoms with Crippen molar-refractivity contribution in [3.8, 4) is 0 Å². The summed E-state index contributed by atoms with van der Waals surface area (Å²) >= 11 is 0. The number of halogens is 1. The van der Waals surface area contributed by atoms with Crippen LogP contribution in [-0.2, 0) is 4.79 Å². The van der Waals surface area contributed by atoms with Crippen molar-refractivity contribution >= 4 is 5.78 Å². The third-order valence-electron chi connectivity index (χ3n) is 3.22. The normalized spacial score (nSPS) is 21.5. The van der Waals surface area contributed by atoms with E-state index in [2.05, 4.69) is 6.92 Å². The molecular weight excluding hydrogens is 191 g/mol. The number of ketones is 1. The van der Waals surface area contributed by atoms with E-state index in [-0.39, 0.29) is 11.7 Å². The van der Waals surface area contributed by atoms with Crippen LogP contribution >= 0.6 is 0 Å². The molecule has 0 fully saturated rings. The highest BCUT2D eigenvalue weighted by atomic mass is 19.1. The fraction of sp³-hybridized carbons (Fsp3) is 0.769. The Morgan fingerprint density at radius 3 is 2.53 bits per heavy atom. The Bertz CT molecular complexity index is 255. The molecule has 15 heavy (non-hydrogen) atoms. The second-order valence-electron chi connectivity index (χ2n) is 4.40. The average molecular weight is 212 g/mol. The molecule has 1 rings (SSSR count). The molecule has 1 aliphatic rings. The summed E-state index contributed by atoms with van der Waals surface area (Å²) in [5.74, 6) is -0.729. The molecule has 1 atom stereocenters. The number of carbonyl (C=O) groups excluding carboxylic acids is 1. The minimum Gasteiger partial charge on any atom is -0.291 e. The van der Waals surface area contributed by atoms with Gasteiger partial charge in [-0.15, -0.1) is 0 Å². The van der Waals surface area contributed by atoms with Crippen LogP contribution in [0.25, 0.3) is 0 Å². The lowest BCUT2D eigenvalue weighted by molar-refractivity contribution is -0.119. The zero-order valence-electron chi connectivity index (χ0n) is 9.81. The van der Waals surface area contributed by atoms with Crippen LogP contribution < -0.4 is 0 Å². The van der Waals surface area contributed by atoms with E-state index in [0.29, 0.717) is 6.42 Å². The fourth-order valence-electron chi connectivity index (χ4n) is 2.14. The number of Topliss-reactive ketones (excluding diaryl/α,β-unsaturated/α-hetero) is 1. The molecule has 0 N–H and O–H groups in total. The van der Waals surface area contributed by atoms with Gasteiger partial charge >= 0.3 is 0 Å². The van der Waals surface area contributed by atoms with Gasteiger partial charge in [-0.3, -0.25) is 4.79 Å². The monoisotopic (exact) mass is 212 g/mol. The smallest absolute Gasteiger partial charge is 0.194 e. The summed E-state index contributed by atoms with van der Waals surface area (Å²) in [6.07, 6.45) is 6.81. The first-order chi connectivity index (χ1) is 7.20. The molecule has 2 heteroatoms. The van der Waals surface area contributed by atoms with E-state index in [1.54, 1.807) is 0 Å². The van der Waals surface area contributed by atoms with E-state index in [1.807, 2.05) is 6.92 Å². The number of carbonyl (C=O) groups is 1. The molecule has 0 radical (unpaired) electrons. The van der Waals surface area contributed by atoms with E-state index < -0.39 is 5.83 Å². The molecule has 0 saturated carbocycles. The van der Waals surface area contributed by atoms with Crippen molar-refractivity contribution in [1.82, 2.24) is 0 Å². The molecule has 1 aliphatic carbocycles. The number of rotatable bonds is 6. The summed E-state index contributed by atoms with van der Waals surface area (Å²) in [4.78, 5) is 11.4. The molecule has 0 spiro atoms. The minimum absolute atomic E-state index is 0.0637. The zero-order valence-corrected chi connectivity index (χ0v) is 9.81. The molecule has 86 valence electrons. The third-order valence-corrected chi connectivity index (χ3v) is 3.22. The van der Waals surface area contributed by atoms with Crippen LogP contribution in [0.4, 0.5) is 4.39 Å². The minimum atomic E-state index is -0.418. The van der Waals surface area contributed by atoms with Crippen molar-refractivity contribution in [1.29, 1.82) is 0 Å². The topological polar surface area (TPSA) is 17.1 Å². The average Bonchev–Trinajstić information content (AvgIpc) is 2.52.